The van der Waals surface area contributed by atoms with Crippen molar-refractivity contribution in [2.24, 2.45) is 0 Å². The highest BCUT2D eigenvalue weighted by atomic mass is 32.2. The van der Waals surface area contributed by atoms with Crippen molar-refractivity contribution in [1.82, 2.24) is 4.98 Å². The van der Waals surface area contributed by atoms with Crippen molar-refractivity contribution in [3.8, 4) is 22.9 Å². The van der Waals surface area contributed by atoms with Gasteiger partial charge in [-0.15, -0.1) is 0 Å². The Bertz CT molecular complexity index is 1320. The van der Waals surface area contributed by atoms with Gasteiger partial charge in [-0.2, -0.15) is 5.26 Å². The van der Waals surface area contributed by atoms with Crippen molar-refractivity contribution >= 4 is 23.4 Å². The van der Waals surface area contributed by atoms with Crippen LogP contribution in [0.4, 0.5) is 5.69 Å². The lowest BCUT2D eigenvalue weighted by Crippen LogP contribution is -2.51. The molecule has 1 aromatic heterocycles. The summed E-state index contributed by atoms with van der Waals surface area (Å²) in [7, 11) is 1.54. The fourth-order valence-electron chi connectivity index (χ4n) is 4.01. The first-order chi connectivity index (χ1) is 17.7. The predicted molar refractivity (Wildman–Crippen MR) is 138 cm³/mol. The third-order valence-electron chi connectivity index (χ3n) is 6.05. The van der Waals surface area contributed by atoms with Gasteiger partial charge in [0.1, 0.15) is 40.6 Å². The van der Waals surface area contributed by atoms with E-state index >= 15 is 0 Å². The van der Waals surface area contributed by atoms with E-state index < -0.39 is 29.7 Å². The van der Waals surface area contributed by atoms with Crippen molar-refractivity contribution < 1.29 is 29.6 Å². The second-order valence-electron chi connectivity index (χ2n) is 8.66. The number of nitrogens with zero attached hydrogens (tertiary/aromatic N) is 2. The molecule has 4 N–H and O–H groups in total. The van der Waals surface area contributed by atoms with E-state index in [2.05, 4.69) is 16.4 Å². The highest BCUT2D eigenvalue weighted by Gasteiger charge is 2.39. The van der Waals surface area contributed by atoms with Crippen LogP contribution in [0.1, 0.15) is 27.2 Å². The molecule has 4 rings (SSSR count). The SMILES string of the molecule is COc1ccc(-c2c(C#N)c(S[C@@H]3OC[C@H](O)[C@H](O)[C@H]3O)nc(C)c2C(=O)Nc2ccc(C)cc2)cc1. The molecular formula is C27H27N3O6S. The van der Waals surface area contributed by atoms with Gasteiger partial charge < -0.3 is 30.1 Å². The molecule has 1 saturated heterocycles. The van der Waals surface area contributed by atoms with E-state index in [1.807, 2.05) is 19.1 Å². The van der Waals surface area contributed by atoms with Gasteiger partial charge in [-0.1, -0.05) is 41.6 Å². The monoisotopic (exact) mass is 521 g/mol. The molecule has 1 aliphatic rings. The molecule has 1 aliphatic heterocycles. The number of carbonyl (C=O) groups excluding carboxylic acids is 1. The van der Waals surface area contributed by atoms with Crippen LogP contribution in [0.5, 0.6) is 5.75 Å². The van der Waals surface area contributed by atoms with Gasteiger partial charge in [0, 0.05) is 11.3 Å². The Labute approximate surface area is 218 Å². The molecule has 4 atom stereocenters. The zero-order chi connectivity index (χ0) is 26.7. The fraction of sp³-hybridized carbons (Fsp3) is 0.296. The number of hydrogen-bond acceptors (Lipinski definition) is 9. The molecule has 3 aromatic rings. The average molecular weight is 522 g/mol. The van der Waals surface area contributed by atoms with Gasteiger partial charge in [0.2, 0.25) is 0 Å². The minimum Gasteiger partial charge on any atom is -0.497 e. The van der Waals surface area contributed by atoms with Gasteiger partial charge in [-0.25, -0.2) is 4.98 Å². The topological polar surface area (TPSA) is 145 Å². The van der Waals surface area contributed by atoms with Crippen LogP contribution in [0.25, 0.3) is 11.1 Å². The maximum absolute atomic E-state index is 13.5. The molecule has 0 unspecified atom stereocenters. The standard InChI is InChI=1S/C27H27N3O6S/c1-14-4-8-17(9-5-14)30-25(34)21-15(2)29-26(37-27-24(33)23(32)20(31)13-36-27)19(12-28)22(21)16-6-10-18(35-3)11-7-16/h4-11,20,23-24,27,31-33H,13H2,1-3H3,(H,30,34)/t20-,23-,24+,27-/m0/s1. The zero-order valence-corrected chi connectivity index (χ0v) is 21.3. The normalized spacial score (nSPS) is 21.2. The van der Waals surface area contributed by atoms with Crippen LogP contribution < -0.4 is 10.1 Å². The summed E-state index contributed by atoms with van der Waals surface area (Å²) in [6.45, 7) is 3.43. The Balaban J connectivity index is 1.82. The summed E-state index contributed by atoms with van der Waals surface area (Å²) in [5, 5.41) is 43.6. The number of benzene rings is 2. The first-order valence-corrected chi connectivity index (χ1v) is 12.4. The molecule has 0 radical (unpaired) electrons. The van der Waals surface area contributed by atoms with Crippen LogP contribution in [0.3, 0.4) is 0 Å². The summed E-state index contributed by atoms with van der Waals surface area (Å²) in [6.07, 6.45) is -4.03. The number of aromatic nitrogens is 1. The van der Waals surface area contributed by atoms with E-state index in [1.165, 1.54) is 0 Å². The van der Waals surface area contributed by atoms with Crippen molar-refractivity contribution in [3.63, 3.8) is 0 Å². The van der Waals surface area contributed by atoms with E-state index in [-0.39, 0.29) is 22.8 Å². The van der Waals surface area contributed by atoms with Gasteiger partial charge in [-0.3, -0.25) is 4.79 Å². The average Bonchev–Trinajstić information content (AvgIpc) is 2.90. The number of nitrogens with one attached hydrogen (secondary N) is 1. The highest BCUT2D eigenvalue weighted by molar-refractivity contribution is 7.99. The Hall–Kier alpha value is -3.46. The van der Waals surface area contributed by atoms with E-state index in [4.69, 9.17) is 9.47 Å². The predicted octanol–water partition coefficient (Wildman–Crippen LogP) is 3.03. The number of methoxy groups -OCH3 is 1. The molecule has 0 spiro atoms. The number of ether oxygens (including phenoxy) is 2. The maximum atomic E-state index is 13.5. The summed E-state index contributed by atoms with van der Waals surface area (Å²) in [4.78, 5) is 18.1. The smallest absolute Gasteiger partial charge is 0.258 e. The molecule has 9 nitrogen and oxygen atoms in total. The van der Waals surface area contributed by atoms with Gasteiger partial charge in [0.25, 0.3) is 5.91 Å². The zero-order valence-electron chi connectivity index (χ0n) is 20.5. The first kappa shape index (κ1) is 26.6. The number of hydrogen-bond donors (Lipinski definition) is 4. The molecule has 10 heteroatoms. The molecule has 1 fully saturated rings. The largest absolute Gasteiger partial charge is 0.497 e. The molecule has 192 valence electrons. The van der Waals surface area contributed by atoms with Crippen LogP contribution in [0.2, 0.25) is 0 Å². The summed E-state index contributed by atoms with van der Waals surface area (Å²) >= 11 is 0.953. The van der Waals surface area contributed by atoms with E-state index in [9.17, 15) is 25.4 Å². The number of rotatable bonds is 6. The lowest BCUT2D eigenvalue weighted by molar-refractivity contribution is -0.161. The lowest BCUT2D eigenvalue weighted by atomic mass is 9.94. The number of thioether (sulfide) groups is 1. The molecule has 37 heavy (non-hydrogen) atoms. The summed E-state index contributed by atoms with van der Waals surface area (Å²) < 4.78 is 10.8. The summed E-state index contributed by atoms with van der Waals surface area (Å²) in [5.74, 6) is 0.180. The second kappa shape index (κ2) is 11.3. The number of amides is 1. The maximum Gasteiger partial charge on any atom is 0.258 e. The van der Waals surface area contributed by atoms with Crippen molar-refractivity contribution in [3.05, 3.63) is 70.9 Å². The van der Waals surface area contributed by atoms with Crippen LogP contribution in [0, 0.1) is 25.2 Å². The van der Waals surface area contributed by atoms with Gasteiger partial charge >= 0.3 is 0 Å². The van der Waals surface area contributed by atoms with E-state index in [0.29, 0.717) is 28.3 Å². The van der Waals surface area contributed by atoms with Crippen LogP contribution in [0.15, 0.2) is 53.6 Å². The first-order valence-electron chi connectivity index (χ1n) is 11.5. The number of carbonyl (C=O) groups is 1. The van der Waals surface area contributed by atoms with Crippen molar-refractivity contribution in [1.29, 1.82) is 5.26 Å². The molecule has 1 amide bonds. The Morgan fingerprint density at radius 1 is 1.11 bits per heavy atom. The molecule has 2 heterocycles. The van der Waals surface area contributed by atoms with Crippen LogP contribution in [-0.2, 0) is 4.74 Å². The summed E-state index contributed by atoms with van der Waals surface area (Å²) in [5.41, 5.74) is 2.34. The Morgan fingerprint density at radius 2 is 1.78 bits per heavy atom. The van der Waals surface area contributed by atoms with Gasteiger partial charge in [0.15, 0.2) is 0 Å². The molecular weight excluding hydrogens is 494 g/mol. The Kier molecular flexibility index (Phi) is 8.12. The molecule has 0 bridgehead atoms. The van der Waals surface area contributed by atoms with Crippen molar-refractivity contribution in [2.45, 2.75) is 42.6 Å². The van der Waals surface area contributed by atoms with Crippen LogP contribution in [-0.4, -0.2) is 63.7 Å². The molecule has 0 aliphatic carbocycles. The molecule has 2 aromatic carbocycles. The van der Waals surface area contributed by atoms with E-state index in [1.54, 1.807) is 50.4 Å². The minimum atomic E-state index is -1.41. The third kappa shape index (κ3) is 5.61. The van der Waals surface area contributed by atoms with Gasteiger partial charge in [-0.05, 0) is 43.7 Å². The quantitative estimate of drug-likeness (QED) is 0.385. The van der Waals surface area contributed by atoms with E-state index in [0.717, 1.165) is 17.3 Å². The van der Waals surface area contributed by atoms with Crippen molar-refractivity contribution in [2.75, 3.05) is 19.0 Å². The number of aliphatic hydroxyl groups is 3. The number of aryl methyl sites for hydroxylation is 2. The number of anilines is 1. The third-order valence-corrected chi connectivity index (χ3v) is 7.22. The molecule has 0 saturated carbocycles. The second-order valence-corrected chi connectivity index (χ2v) is 9.74. The summed E-state index contributed by atoms with van der Waals surface area (Å²) in [6, 6.07) is 16.5. The highest BCUT2D eigenvalue weighted by Crippen LogP contribution is 2.39. The number of aliphatic hydroxyl groups excluding tert-OH is 3. The van der Waals surface area contributed by atoms with Crippen LogP contribution >= 0.6 is 11.8 Å². The Morgan fingerprint density at radius 3 is 2.41 bits per heavy atom. The van der Waals surface area contributed by atoms with Gasteiger partial charge in [0.05, 0.1) is 30.5 Å². The fourth-order valence-corrected chi connectivity index (χ4v) is 5.14. The minimum absolute atomic E-state index is 0.117. The number of pyridine rings is 1. The lowest BCUT2D eigenvalue weighted by Gasteiger charge is -2.34. The number of nitriles is 1.